The first-order valence-electron chi connectivity index (χ1n) is 4.85. The molecule has 1 aromatic carbocycles. The average molecular weight is 395 g/mol. The molecule has 1 rings (SSSR count). The summed E-state index contributed by atoms with van der Waals surface area (Å²) >= 11 is 5.68. The number of benzene rings is 1. The largest absolute Gasteiger partial charge is 0.463 e. The van der Waals surface area contributed by atoms with Crippen molar-refractivity contribution in [3.63, 3.8) is 0 Å². The van der Waals surface area contributed by atoms with Crippen molar-refractivity contribution in [1.29, 1.82) is 0 Å². The third-order valence-electron chi connectivity index (χ3n) is 2.00. The molecule has 0 fully saturated rings. The molecule has 0 aromatic heterocycles. The molecule has 0 atom stereocenters. The van der Waals surface area contributed by atoms with Gasteiger partial charge in [-0.05, 0) is 75.6 Å². The maximum Gasteiger partial charge on any atom is 0.331 e. The van der Waals surface area contributed by atoms with E-state index in [0.29, 0.717) is 6.61 Å². The second-order valence-corrected chi connectivity index (χ2v) is 5.22. The third-order valence-corrected chi connectivity index (χ3v) is 4.32. The fourth-order valence-electron chi connectivity index (χ4n) is 1.19. The highest BCUT2D eigenvalue weighted by molar-refractivity contribution is 14.1. The van der Waals surface area contributed by atoms with Gasteiger partial charge in [0, 0.05) is 14.1 Å². The van der Waals surface area contributed by atoms with Crippen LogP contribution >= 0.6 is 38.5 Å². The van der Waals surface area contributed by atoms with Crippen molar-refractivity contribution in [3.8, 4) is 0 Å². The van der Waals surface area contributed by atoms with Crippen LogP contribution in [0.2, 0.25) is 0 Å². The summed E-state index contributed by atoms with van der Waals surface area (Å²) in [5.74, 6) is -0.294. The van der Waals surface area contributed by atoms with E-state index in [2.05, 4.69) is 38.5 Å². The Kier molecular flexibility index (Phi) is 5.48. The highest BCUT2D eigenvalue weighted by Gasteiger charge is 2.03. The Hall–Kier alpha value is -0.360. The summed E-state index contributed by atoms with van der Waals surface area (Å²) in [7, 11) is 0. The topological polar surface area (TPSA) is 26.3 Å². The van der Waals surface area contributed by atoms with Gasteiger partial charge in [-0.15, -0.1) is 0 Å². The van der Waals surface area contributed by atoms with E-state index in [1.807, 2.05) is 25.1 Å². The van der Waals surface area contributed by atoms with Crippen LogP contribution in [-0.4, -0.2) is 12.6 Å². The summed E-state index contributed by atoms with van der Waals surface area (Å²) in [5, 5.41) is 0. The fourth-order valence-corrected chi connectivity index (χ4v) is 1.95. The van der Waals surface area contributed by atoms with Crippen LogP contribution in [-0.2, 0) is 9.53 Å². The minimum atomic E-state index is -0.294. The Balaban J connectivity index is 2.91. The molecule has 86 valence electrons. The number of hydrogen-bond acceptors (Lipinski definition) is 2. The highest BCUT2D eigenvalue weighted by Crippen LogP contribution is 2.23. The molecule has 4 heteroatoms. The van der Waals surface area contributed by atoms with E-state index < -0.39 is 0 Å². The van der Waals surface area contributed by atoms with E-state index in [-0.39, 0.29) is 5.97 Å². The normalized spacial score (nSPS) is 11.4. The van der Waals surface area contributed by atoms with Crippen LogP contribution in [0.5, 0.6) is 0 Å². The lowest BCUT2D eigenvalue weighted by Crippen LogP contribution is -2.00. The van der Waals surface area contributed by atoms with Crippen LogP contribution in [0.3, 0.4) is 0 Å². The zero-order valence-corrected chi connectivity index (χ0v) is 12.8. The Morgan fingerprint density at radius 2 is 2.25 bits per heavy atom. The number of ether oxygens (including phenoxy) is 1. The molecule has 16 heavy (non-hydrogen) atoms. The number of carbonyl (C=O) groups excluding carboxylic acids is 1. The zero-order valence-electron chi connectivity index (χ0n) is 9.09. The number of halogens is 2. The van der Waals surface area contributed by atoms with E-state index in [4.69, 9.17) is 4.74 Å². The lowest BCUT2D eigenvalue weighted by molar-refractivity contribution is -0.137. The smallest absolute Gasteiger partial charge is 0.331 e. The summed E-state index contributed by atoms with van der Waals surface area (Å²) < 4.78 is 7.04. The first-order chi connectivity index (χ1) is 7.54. The molecule has 0 saturated heterocycles. The van der Waals surface area contributed by atoms with E-state index in [1.54, 1.807) is 6.92 Å². The molecule has 0 aliphatic heterocycles. The van der Waals surface area contributed by atoms with Gasteiger partial charge in [-0.1, -0.05) is 6.07 Å². The molecule has 0 aliphatic rings. The summed E-state index contributed by atoms with van der Waals surface area (Å²) in [4.78, 5) is 11.3. The van der Waals surface area contributed by atoms with Gasteiger partial charge in [-0.25, -0.2) is 4.79 Å². The third kappa shape index (κ3) is 3.90. The molecular formula is C12H12BrIO2. The zero-order chi connectivity index (χ0) is 12.1. The van der Waals surface area contributed by atoms with E-state index in [9.17, 15) is 4.79 Å². The number of allylic oxidation sites excluding steroid dienone is 1. The van der Waals surface area contributed by atoms with Gasteiger partial charge in [0.1, 0.15) is 0 Å². The number of carbonyl (C=O) groups is 1. The van der Waals surface area contributed by atoms with Gasteiger partial charge < -0.3 is 4.74 Å². The molecule has 0 bridgehead atoms. The molecule has 2 nitrogen and oxygen atoms in total. The number of esters is 1. The molecule has 0 heterocycles. The minimum absolute atomic E-state index is 0.294. The first-order valence-corrected chi connectivity index (χ1v) is 6.72. The highest BCUT2D eigenvalue weighted by atomic mass is 127. The summed E-state index contributed by atoms with van der Waals surface area (Å²) in [5.41, 5.74) is 1.93. The van der Waals surface area contributed by atoms with E-state index in [1.165, 1.54) is 6.08 Å². The number of rotatable bonds is 3. The van der Waals surface area contributed by atoms with Crippen molar-refractivity contribution >= 4 is 50.1 Å². The van der Waals surface area contributed by atoms with Gasteiger partial charge in [-0.2, -0.15) is 0 Å². The molecule has 1 aromatic rings. The van der Waals surface area contributed by atoms with Gasteiger partial charge >= 0.3 is 5.97 Å². The predicted octanol–water partition coefficient (Wildman–Crippen LogP) is 4.02. The lowest BCUT2D eigenvalue weighted by atomic mass is 10.1. The predicted molar refractivity (Wildman–Crippen MR) is 77.1 cm³/mol. The van der Waals surface area contributed by atoms with Gasteiger partial charge in [0.15, 0.2) is 0 Å². The van der Waals surface area contributed by atoms with Crippen molar-refractivity contribution in [2.24, 2.45) is 0 Å². The average Bonchev–Trinajstić information content (AvgIpc) is 2.22. The Morgan fingerprint density at radius 1 is 1.56 bits per heavy atom. The molecular weight excluding hydrogens is 383 g/mol. The molecule has 0 unspecified atom stereocenters. The quantitative estimate of drug-likeness (QED) is 0.439. The number of hydrogen-bond donors (Lipinski definition) is 0. The monoisotopic (exact) mass is 394 g/mol. The molecule has 0 spiro atoms. The Labute approximate surface area is 117 Å². The maximum atomic E-state index is 11.3. The molecule has 0 amide bonds. The standard InChI is InChI=1S/C12H12BrIO2/c1-3-16-12(15)6-8(2)9-4-5-10(13)11(14)7-9/h4-7H,3H2,1-2H3. The molecule has 0 N–H and O–H groups in total. The van der Waals surface area contributed by atoms with Crippen molar-refractivity contribution in [2.75, 3.05) is 6.61 Å². The van der Waals surface area contributed by atoms with Gasteiger partial charge in [0.2, 0.25) is 0 Å². The molecule has 0 saturated carbocycles. The van der Waals surface area contributed by atoms with Crippen molar-refractivity contribution in [1.82, 2.24) is 0 Å². The molecule has 0 aliphatic carbocycles. The van der Waals surface area contributed by atoms with Crippen LogP contribution in [0.4, 0.5) is 0 Å². The van der Waals surface area contributed by atoms with Gasteiger partial charge in [-0.3, -0.25) is 0 Å². The summed E-state index contributed by atoms with van der Waals surface area (Å²) in [6, 6.07) is 5.96. The van der Waals surface area contributed by atoms with E-state index in [0.717, 1.165) is 19.2 Å². The summed E-state index contributed by atoms with van der Waals surface area (Å²) in [6.45, 7) is 4.10. The van der Waals surface area contributed by atoms with Crippen LogP contribution < -0.4 is 0 Å². The van der Waals surface area contributed by atoms with Crippen molar-refractivity contribution < 1.29 is 9.53 Å². The summed E-state index contributed by atoms with van der Waals surface area (Å²) in [6.07, 6.45) is 1.52. The van der Waals surface area contributed by atoms with E-state index >= 15 is 0 Å². The minimum Gasteiger partial charge on any atom is -0.463 e. The first kappa shape index (κ1) is 13.7. The van der Waals surface area contributed by atoms with Crippen LogP contribution in [0.1, 0.15) is 19.4 Å². The van der Waals surface area contributed by atoms with Gasteiger partial charge in [0.25, 0.3) is 0 Å². The van der Waals surface area contributed by atoms with Crippen LogP contribution in [0.25, 0.3) is 5.57 Å². The van der Waals surface area contributed by atoms with Crippen LogP contribution in [0, 0.1) is 3.57 Å². The second-order valence-electron chi connectivity index (χ2n) is 3.21. The second kappa shape index (κ2) is 6.39. The Morgan fingerprint density at radius 3 is 2.81 bits per heavy atom. The fraction of sp³-hybridized carbons (Fsp3) is 0.250. The lowest BCUT2D eigenvalue weighted by Gasteiger charge is -2.04. The van der Waals surface area contributed by atoms with Gasteiger partial charge in [0.05, 0.1) is 6.61 Å². The van der Waals surface area contributed by atoms with Crippen molar-refractivity contribution in [3.05, 3.63) is 37.9 Å². The van der Waals surface area contributed by atoms with Crippen molar-refractivity contribution in [2.45, 2.75) is 13.8 Å². The SMILES string of the molecule is CCOC(=O)C=C(C)c1ccc(Br)c(I)c1. The van der Waals surface area contributed by atoms with Crippen LogP contribution in [0.15, 0.2) is 28.7 Å². The maximum absolute atomic E-state index is 11.3. The molecule has 0 radical (unpaired) electrons. The Bertz CT molecular complexity index is 427.